The Kier molecular flexibility index (Phi) is 6.24. The molecule has 1 fully saturated rings. The number of ether oxygens (including phenoxy) is 2. The molecule has 1 amide bonds. The van der Waals surface area contributed by atoms with Crippen LogP contribution in [0, 0.1) is 0 Å². The number of thioether (sulfide) groups is 1. The standard InChI is InChI=1S/C21H24N2O4S/c1-5-12-27-20(25)17-13(4)22-21-23(19(24)16(6-2)28-21)18(17)14-8-10-15(11-9-14)26-7-3/h5,8-11,16,18H,1,6-7,12H2,2-4H3/t16-,18-/m1/s1. The van der Waals surface area contributed by atoms with Crippen molar-refractivity contribution in [2.45, 2.75) is 38.5 Å². The van der Waals surface area contributed by atoms with Crippen LogP contribution in [0.2, 0.25) is 0 Å². The third-order valence-electron chi connectivity index (χ3n) is 4.58. The molecule has 3 rings (SSSR count). The molecule has 0 N–H and O–H groups in total. The third kappa shape index (κ3) is 3.71. The van der Waals surface area contributed by atoms with Gasteiger partial charge < -0.3 is 9.47 Å². The molecule has 0 bridgehead atoms. The first-order valence-corrected chi connectivity index (χ1v) is 10.2. The number of esters is 1. The molecule has 2 heterocycles. The van der Waals surface area contributed by atoms with E-state index in [0.717, 1.165) is 11.3 Å². The SMILES string of the molecule is C=CCOC(=O)C1=C(C)N=C2S[C@H](CC)C(=O)N2[C@@H]1c1ccc(OCC)cc1. The Morgan fingerprint density at radius 3 is 2.64 bits per heavy atom. The van der Waals surface area contributed by atoms with Crippen molar-refractivity contribution in [1.82, 2.24) is 4.90 Å². The first-order valence-electron chi connectivity index (χ1n) is 9.31. The molecule has 2 aliphatic heterocycles. The maximum Gasteiger partial charge on any atom is 0.338 e. The minimum absolute atomic E-state index is 0.0355. The van der Waals surface area contributed by atoms with Gasteiger partial charge in [0.2, 0.25) is 5.91 Å². The van der Waals surface area contributed by atoms with Crippen LogP contribution in [0.5, 0.6) is 5.75 Å². The molecule has 1 aromatic carbocycles. The first-order chi connectivity index (χ1) is 13.5. The lowest BCUT2D eigenvalue weighted by Gasteiger charge is -2.33. The summed E-state index contributed by atoms with van der Waals surface area (Å²) in [5.41, 5.74) is 1.75. The second-order valence-electron chi connectivity index (χ2n) is 6.41. The van der Waals surface area contributed by atoms with E-state index in [4.69, 9.17) is 9.47 Å². The van der Waals surface area contributed by atoms with Crippen LogP contribution in [-0.2, 0) is 14.3 Å². The maximum atomic E-state index is 13.0. The fourth-order valence-corrected chi connectivity index (χ4v) is 4.42. The summed E-state index contributed by atoms with van der Waals surface area (Å²) < 4.78 is 10.8. The average Bonchev–Trinajstić information content (AvgIpc) is 3.01. The van der Waals surface area contributed by atoms with E-state index in [1.807, 2.05) is 38.1 Å². The fourth-order valence-electron chi connectivity index (χ4n) is 3.29. The number of benzene rings is 1. The van der Waals surface area contributed by atoms with Crippen molar-refractivity contribution in [2.24, 2.45) is 4.99 Å². The molecule has 2 atom stereocenters. The van der Waals surface area contributed by atoms with Gasteiger partial charge in [-0.2, -0.15) is 0 Å². The highest BCUT2D eigenvalue weighted by Crippen LogP contribution is 2.44. The lowest BCUT2D eigenvalue weighted by molar-refractivity contribution is -0.139. The van der Waals surface area contributed by atoms with Crippen molar-refractivity contribution in [3.63, 3.8) is 0 Å². The Labute approximate surface area is 169 Å². The van der Waals surface area contributed by atoms with Gasteiger partial charge in [0.1, 0.15) is 12.4 Å². The monoisotopic (exact) mass is 400 g/mol. The van der Waals surface area contributed by atoms with Crippen molar-refractivity contribution < 1.29 is 19.1 Å². The molecular formula is C21H24N2O4S. The van der Waals surface area contributed by atoms with Crippen molar-refractivity contribution in [1.29, 1.82) is 0 Å². The number of hydrogen-bond donors (Lipinski definition) is 0. The molecule has 7 heteroatoms. The van der Waals surface area contributed by atoms with E-state index in [1.165, 1.54) is 17.8 Å². The highest BCUT2D eigenvalue weighted by molar-refractivity contribution is 8.15. The third-order valence-corrected chi connectivity index (χ3v) is 5.90. The van der Waals surface area contributed by atoms with Gasteiger partial charge in [-0.1, -0.05) is 43.5 Å². The number of rotatable bonds is 7. The predicted octanol–water partition coefficient (Wildman–Crippen LogP) is 3.85. The molecule has 1 aromatic rings. The second-order valence-corrected chi connectivity index (χ2v) is 7.58. The van der Waals surface area contributed by atoms with E-state index in [9.17, 15) is 9.59 Å². The first kappa shape index (κ1) is 20.2. The van der Waals surface area contributed by atoms with Gasteiger partial charge >= 0.3 is 5.97 Å². The van der Waals surface area contributed by atoms with Crippen molar-refractivity contribution in [3.8, 4) is 5.75 Å². The normalized spacial score (nSPS) is 21.3. The molecule has 0 spiro atoms. The summed E-state index contributed by atoms with van der Waals surface area (Å²) in [6, 6.07) is 6.87. The topological polar surface area (TPSA) is 68.2 Å². The zero-order valence-electron chi connectivity index (χ0n) is 16.3. The minimum atomic E-state index is -0.572. The Morgan fingerprint density at radius 2 is 2.04 bits per heavy atom. The summed E-state index contributed by atoms with van der Waals surface area (Å²) >= 11 is 1.45. The zero-order valence-corrected chi connectivity index (χ0v) is 17.1. The van der Waals surface area contributed by atoms with Crippen LogP contribution >= 0.6 is 11.8 Å². The van der Waals surface area contributed by atoms with Gasteiger partial charge in [-0.05, 0) is 38.0 Å². The number of amides is 1. The molecule has 0 aliphatic carbocycles. The van der Waals surface area contributed by atoms with E-state index < -0.39 is 12.0 Å². The molecule has 0 unspecified atom stereocenters. The summed E-state index contributed by atoms with van der Waals surface area (Å²) in [6.07, 6.45) is 2.21. The molecule has 0 aromatic heterocycles. The predicted molar refractivity (Wildman–Crippen MR) is 110 cm³/mol. The van der Waals surface area contributed by atoms with E-state index in [1.54, 1.807) is 11.8 Å². The fraction of sp³-hybridized carbons (Fsp3) is 0.381. The molecular weight excluding hydrogens is 376 g/mol. The molecule has 148 valence electrons. The quantitative estimate of drug-likeness (QED) is 0.514. The molecule has 6 nitrogen and oxygen atoms in total. The van der Waals surface area contributed by atoms with Crippen LogP contribution in [0.4, 0.5) is 0 Å². The van der Waals surface area contributed by atoms with Gasteiger partial charge in [-0.15, -0.1) is 0 Å². The number of allylic oxidation sites excluding steroid dienone is 1. The number of fused-ring (bicyclic) bond motifs is 1. The summed E-state index contributed by atoms with van der Waals surface area (Å²) in [5, 5.41) is 0.439. The molecule has 28 heavy (non-hydrogen) atoms. The van der Waals surface area contributed by atoms with Crippen LogP contribution in [0.25, 0.3) is 0 Å². The van der Waals surface area contributed by atoms with Crippen molar-refractivity contribution in [3.05, 3.63) is 53.8 Å². The Hall–Kier alpha value is -2.54. The molecule has 0 radical (unpaired) electrons. The highest BCUT2D eigenvalue weighted by Gasteiger charge is 2.47. The van der Waals surface area contributed by atoms with Crippen LogP contribution < -0.4 is 4.74 Å². The highest BCUT2D eigenvalue weighted by atomic mass is 32.2. The van der Waals surface area contributed by atoms with Crippen molar-refractivity contribution >= 4 is 28.8 Å². The van der Waals surface area contributed by atoms with Gasteiger partial charge in [0.05, 0.1) is 29.2 Å². The number of carbonyl (C=O) groups excluding carboxylic acids is 2. The summed E-state index contributed by atoms with van der Waals surface area (Å²) in [5.74, 6) is 0.212. The molecule has 0 saturated carbocycles. The van der Waals surface area contributed by atoms with Gasteiger partial charge in [0, 0.05) is 0 Å². The average molecular weight is 401 g/mol. The number of amidine groups is 1. The van der Waals surface area contributed by atoms with Crippen molar-refractivity contribution in [2.75, 3.05) is 13.2 Å². The summed E-state index contributed by atoms with van der Waals surface area (Å²) in [6.45, 7) is 9.92. The van der Waals surface area contributed by atoms with E-state index in [0.29, 0.717) is 29.5 Å². The van der Waals surface area contributed by atoms with Crippen LogP contribution in [0.1, 0.15) is 38.8 Å². The maximum absolute atomic E-state index is 13.0. The number of nitrogens with zero attached hydrogens (tertiary/aromatic N) is 2. The Balaban J connectivity index is 2.06. The van der Waals surface area contributed by atoms with E-state index >= 15 is 0 Å². The lowest BCUT2D eigenvalue weighted by atomic mass is 9.94. The van der Waals surface area contributed by atoms with Crippen LogP contribution in [-0.4, -0.2) is 40.4 Å². The van der Waals surface area contributed by atoms with Gasteiger partial charge in [-0.25, -0.2) is 9.79 Å². The Bertz CT molecular complexity index is 844. The second kappa shape index (κ2) is 8.65. The van der Waals surface area contributed by atoms with Crippen LogP contribution in [0.3, 0.4) is 0 Å². The summed E-state index contributed by atoms with van der Waals surface area (Å²) in [4.78, 5) is 32.0. The zero-order chi connectivity index (χ0) is 20.3. The smallest absolute Gasteiger partial charge is 0.338 e. The van der Waals surface area contributed by atoms with Crippen LogP contribution in [0.15, 0.2) is 53.2 Å². The van der Waals surface area contributed by atoms with Gasteiger partial charge in [-0.3, -0.25) is 9.69 Å². The number of aliphatic imine (C=N–C) groups is 1. The Morgan fingerprint density at radius 1 is 1.32 bits per heavy atom. The van der Waals surface area contributed by atoms with Gasteiger partial charge in [0.25, 0.3) is 0 Å². The largest absolute Gasteiger partial charge is 0.494 e. The van der Waals surface area contributed by atoms with Gasteiger partial charge in [0.15, 0.2) is 5.17 Å². The number of carbonyl (C=O) groups is 2. The van der Waals surface area contributed by atoms with E-state index in [-0.39, 0.29) is 17.8 Å². The minimum Gasteiger partial charge on any atom is -0.494 e. The molecule has 2 aliphatic rings. The lowest BCUT2D eigenvalue weighted by Crippen LogP contribution is -2.40. The number of hydrogen-bond acceptors (Lipinski definition) is 6. The summed E-state index contributed by atoms with van der Waals surface area (Å²) in [7, 11) is 0. The molecule has 1 saturated heterocycles. The van der Waals surface area contributed by atoms with E-state index in [2.05, 4.69) is 11.6 Å².